The second kappa shape index (κ2) is 8.17. The first-order valence-corrected chi connectivity index (χ1v) is 9.09. The molecule has 2 rings (SSSR count). The lowest BCUT2D eigenvalue weighted by Crippen LogP contribution is -2.48. The number of carbonyl (C=O) groups excluding carboxylic acids is 1. The van der Waals surface area contributed by atoms with Crippen molar-refractivity contribution in [2.75, 3.05) is 13.6 Å². The molecule has 0 saturated heterocycles. The molecule has 122 valence electrons. The summed E-state index contributed by atoms with van der Waals surface area (Å²) in [5.74, 6) is 1.96. The molecule has 0 heterocycles. The van der Waals surface area contributed by atoms with Crippen molar-refractivity contribution in [3.8, 4) is 0 Å². The van der Waals surface area contributed by atoms with Gasteiger partial charge in [0, 0.05) is 18.5 Å². The van der Waals surface area contributed by atoms with Gasteiger partial charge in [-0.05, 0) is 44.6 Å². The SMILES string of the molecule is CNC1(CC(=O)NCCC2CCCC(C)C2)CCCCC1. The third-order valence-electron chi connectivity index (χ3n) is 5.76. The molecule has 0 aromatic rings. The van der Waals surface area contributed by atoms with Gasteiger partial charge in [-0.15, -0.1) is 0 Å². The Kier molecular flexibility index (Phi) is 6.53. The largest absolute Gasteiger partial charge is 0.356 e. The van der Waals surface area contributed by atoms with Gasteiger partial charge in [0.25, 0.3) is 0 Å². The van der Waals surface area contributed by atoms with E-state index < -0.39 is 0 Å². The Morgan fingerprint density at radius 1 is 1.14 bits per heavy atom. The molecular weight excluding hydrogens is 260 g/mol. The van der Waals surface area contributed by atoms with E-state index in [9.17, 15) is 4.79 Å². The highest BCUT2D eigenvalue weighted by atomic mass is 16.1. The van der Waals surface area contributed by atoms with Gasteiger partial charge in [0.05, 0.1) is 0 Å². The molecule has 0 aliphatic heterocycles. The van der Waals surface area contributed by atoms with Crippen molar-refractivity contribution in [2.24, 2.45) is 11.8 Å². The van der Waals surface area contributed by atoms with Crippen molar-refractivity contribution in [2.45, 2.75) is 83.1 Å². The highest BCUT2D eigenvalue weighted by molar-refractivity contribution is 5.77. The van der Waals surface area contributed by atoms with Gasteiger partial charge in [-0.1, -0.05) is 45.4 Å². The van der Waals surface area contributed by atoms with E-state index in [-0.39, 0.29) is 11.4 Å². The maximum absolute atomic E-state index is 12.2. The fourth-order valence-corrected chi connectivity index (χ4v) is 4.35. The number of rotatable bonds is 6. The molecule has 0 spiro atoms. The van der Waals surface area contributed by atoms with Crippen LogP contribution in [0.5, 0.6) is 0 Å². The van der Waals surface area contributed by atoms with Gasteiger partial charge in [0.15, 0.2) is 0 Å². The van der Waals surface area contributed by atoms with Crippen molar-refractivity contribution in [3.63, 3.8) is 0 Å². The van der Waals surface area contributed by atoms with E-state index in [1.54, 1.807) is 0 Å². The Bertz CT molecular complexity index is 323. The fourth-order valence-electron chi connectivity index (χ4n) is 4.35. The van der Waals surface area contributed by atoms with E-state index in [0.29, 0.717) is 6.42 Å². The van der Waals surface area contributed by atoms with Crippen LogP contribution < -0.4 is 10.6 Å². The van der Waals surface area contributed by atoms with Crippen LogP contribution in [0.4, 0.5) is 0 Å². The summed E-state index contributed by atoms with van der Waals surface area (Å²) in [7, 11) is 2.02. The molecule has 3 nitrogen and oxygen atoms in total. The van der Waals surface area contributed by atoms with Crippen LogP contribution in [0.15, 0.2) is 0 Å². The molecule has 0 radical (unpaired) electrons. The van der Waals surface area contributed by atoms with Gasteiger partial charge in [-0.3, -0.25) is 4.79 Å². The summed E-state index contributed by atoms with van der Waals surface area (Å²) in [6, 6.07) is 0. The summed E-state index contributed by atoms with van der Waals surface area (Å²) in [5.41, 5.74) is 0.0711. The summed E-state index contributed by atoms with van der Waals surface area (Å²) in [6.07, 6.45) is 13.5. The van der Waals surface area contributed by atoms with Crippen LogP contribution in [0.2, 0.25) is 0 Å². The van der Waals surface area contributed by atoms with E-state index >= 15 is 0 Å². The monoisotopic (exact) mass is 294 g/mol. The lowest BCUT2D eigenvalue weighted by atomic mass is 9.79. The zero-order valence-corrected chi connectivity index (χ0v) is 14.0. The van der Waals surface area contributed by atoms with Crippen LogP contribution in [0, 0.1) is 11.8 Å². The van der Waals surface area contributed by atoms with Gasteiger partial charge in [0.2, 0.25) is 5.91 Å². The number of amides is 1. The van der Waals surface area contributed by atoms with Crippen molar-refractivity contribution in [3.05, 3.63) is 0 Å². The predicted molar refractivity (Wildman–Crippen MR) is 88.2 cm³/mol. The van der Waals surface area contributed by atoms with Gasteiger partial charge in [-0.2, -0.15) is 0 Å². The van der Waals surface area contributed by atoms with E-state index in [1.165, 1.54) is 51.4 Å². The minimum Gasteiger partial charge on any atom is -0.356 e. The van der Waals surface area contributed by atoms with E-state index in [4.69, 9.17) is 0 Å². The topological polar surface area (TPSA) is 41.1 Å². The summed E-state index contributed by atoms with van der Waals surface area (Å²) >= 11 is 0. The molecule has 3 heteroatoms. The maximum atomic E-state index is 12.2. The minimum absolute atomic E-state index is 0.0711. The van der Waals surface area contributed by atoms with Crippen LogP contribution in [-0.4, -0.2) is 25.0 Å². The molecule has 0 aromatic heterocycles. The first kappa shape index (κ1) is 16.8. The summed E-state index contributed by atoms with van der Waals surface area (Å²) < 4.78 is 0. The molecule has 2 aliphatic carbocycles. The van der Waals surface area contributed by atoms with E-state index in [2.05, 4.69) is 17.6 Å². The smallest absolute Gasteiger partial charge is 0.221 e. The third kappa shape index (κ3) is 5.28. The Balaban J connectivity index is 1.67. The molecule has 2 atom stereocenters. The number of nitrogens with one attached hydrogen (secondary N) is 2. The number of hydrogen-bond acceptors (Lipinski definition) is 2. The highest BCUT2D eigenvalue weighted by Crippen LogP contribution is 2.31. The minimum atomic E-state index is 0.0711. The molecule has 2 fully saturated rings. The zero-order valence-electron chi connectivity index (χ0n) is 14.0. The summed E-state index contributed by atoms with van der Waals surface area (Å²) in [4.78, 5) is 12.2. The first-order valence-electron chi connectivity index (χ1n) is 9.09. The summed E-state index contributed by atoms with van der Waals surface area (Å²) in [5, 5.41) is 6.61. The molecule has 21 heavy (non-hydrogen) atoms. The fraction of sp³-hybridized carbons (Fsp3) is 0.944. The van der Waals surface area contributed by atoms with Crippen LogP contribution >= 0.6 is 0 Å². The molecule has 2 aliphatic rings. The van der Waals surface area contributed by atoms with Gasteiger partial charge >= 0.3 is 0 Å². The second-order valence-electron chi connectivity index (χ2n) is 7.54. The van der Waals surface area contributed by atoms with E-state index in [1.807, 2.05) is 7.05 Å². The molecule has 2 unspecified atom stereocenters. The number of hydrogen-bond donors (Lipinski definition) is 2. The van der Waals surface area contributed by atoms with Crippen LogP contribution in [0.25, 0.3) is 0 Å². The molecule has 0 aromatic carbocycles. The van der Waals surface area contributed by atoms with Crippen molar-refractivity contribution < 1.29 is 4.79 Å². The average molecular weight is 294 g/mol. The van der Waals surface area contributed by atoms with Crippen LogP contribution in [0.3, 0.4) is 0 Å². The first-order chi connectivity index (χ1) is 10.1. The average Bonchev–Trinajstić information content (AvgIpc) is 2.48. The molecule has 1 amide bonds. The van der Waals surface area contributed by atoms with Crippen molar-refractivity contribution in [1.29, 1.82) is 0 Å². The van der Waals surface area contributed by atoms with Crippen molar-refractivity contribution >= 4 is 5.91 Å². The normalized spacial score (nSPS) is 29.0. The molecule has 0 bridgehead atoms. The maximum Gasteiger partial charge on any atom is 0.221 e. The quantitative estimate of drug-likeness (QED) is 0.785. The molecule has 2 saturated carbocycles. The Morgan fingerprint density at radius 2 is 1.90 bits per heavy atom. The second-order valence-corrected chi connectivity index (χ2v) is 7.54. The number of carbonyl (C=O) groups is 1. The van der Waals surface area contributed by atoms with Crippen molar-refractivity contribution in [1.82, 2.24) is 10.6 Å². The lowest BCUT2D eigenvalue weighted by Gasteiger charge is -2.36. The Labute approximate surface area is 130 Å². The summed E-state index contributed by atoms with van der Waals surface area (Å²) in [6.45, 7) is 3.24. The third-order valence-corrected chi connectivity index (χ3v) is 5.76. The predicted octanol–water partition coefficient (Wildman–Crippen LogP) is 3.63. The van der Waals surface area contributed by atoms with Gasteiger partial charge < -0.3 is 10.6 Å². The van der Waals surface area contributed by atoms with Gasteiger partial charge in [-0.25, -0.2) is 0 Å². The van der Waals surface area contributed by atoms with Gasteiger partial charge in [0.1, 0.15) is 0 Å². The standard InChI is InChI=1S/C18H34N2O/c1-15-7-6-8-16(13-15)9-12-20-17(21)14-18(19-2)10-4-3-5-11-18/h15-16,19H,3-14H2,1-2H3,(H,20,21). The zero-order chi connectivity index (χ0) is 15.1. The lowest BCUT2D eigenvalue weighted by molar-refractivity contribution is -0.122. The Hall–Kier alpha value is -0.570. The molecule has 2 N–H and O–H groups in total. The van der Waals surface area contributed by atoms with Crippen LogP contribution in [-0.2, 0) is 4.79 Å². The van der Waals surface area contributed by atoms with Crippen LogP contribution in [0.1, 0.15) is 77.6 Å². The van der Waals surface area contributed by atoms with E-state index in [0.717, 1.165) is 31.2 Å². The highest BCUT2D eigenvalue weighted by Gasteiger charge is 2.32. The Morgan fingerprint density at radius 3 is 2.57 bits per heavy atom. The molecular formula is C18H34N2O.